The molecule has 1 unspecified atom stereocenters. The third-order valence-corrected chi connectivity index (χ3v) is 1.53. The van der Waals surface area contributed by atoms with Gasteiger partial charge in [-0.3, -0.25) is 0 Å². The van der Waals surface area contributed by atoms with Crippen LogP contribution in [0.5, 0.6) is 0 Å². The zero-order valence-electron chi connectivity index (χ0n) is 6.69. The van der Waals surface area contributed by atoms with Gasteiger partial charge in [0.15, 0.2) is 0 Å². The van der Waals surface area contributed by atoms with E-state index in [9.17, 15) is 4.79 Å². The van der Waals surface area contributed by atoms with Crippen LogP contribution in [0.1, 0.15) is 29.0 Å². The first-order chi connectivity index (χ1) is 5.61. The molecule has 1 heterocycles. The van der Waals surface area contributed by atoms with Gasteiger partial charge in [-0.25, -0.2) is 9.78 Å². The van der Waals surface area contributed by atoms with E-state index in [1.807, 2.05) is 0 Å². The molecule has 12 heavy (non-hydrogen) atoms. The number of nitrogens with two attached hydrogens (primary N) is 1. The quantitative estimate of drug-likeness (QED) is 0.681. The monoisotopic (exact) mass is 166 g/mol. The van der Waals surface area contributed by atoms with Crippen LogP contribution in [0.15, 0.2) is 18.3 Å². The summed E-state index contributed by atoms with van der Waals surface area (Å²) in [5.74, 6) is -1.03. The summed E-state index contributed by atoms with van der Waals surface area (Å²) in [6, 6.07) is 3.02. The zero-order valence-corrected chi connectivity index (χ0v) is 6.69. The molecule has 1 aromatic heterocycles. The van der Waals surface area contributed by atoms with Crippen LogP contribution in [-0.4, -0.2) is 16.1 Å². The number of carbonyl (C=O) groups is 1. The van der Waals surface area contributed by atoms with Crippen LogP contribution in [0.25, 0.3) is 0 Å². The van der Waals surface area contributed by atoms with Gasteiger partial charge in [-0.1, -0.05) is 0 Å². The molecule has 3 N–H and O–H groups in total. The molecule has 0 amide bonds. The Labute approximate surface area is 70.0 Å². The maximum absolute atomic E-state index is 10.5. The number of hydrogen-bond acceptors (Lipinski definition) is 3. The lowest BCUT2D eigenvalue weighted by atomic mass is 10.1. The number of rotatable bonds is 2. The van der Waals surface area contributed by atoms with Gasteiger partial charge in [-0.15, -0.1) is 0 Å². The van der Waals surface area contributed by atoms with E-state index in [4.69, 9.17) is 10.8 Å². The number of carboxylic acids is 1. The summed E-state index contributed by atoms with van der Waals surface area (Å²) in [5, 5.41) is 8.59. The molecular formula is C8H10N2O2. The Morgan fingerprint density at radius 2 is 2.42 bits per heavy atom. The summed E-state index contributed by atoms with van der Waals surface area (Å²) in [6.45, 7) is 1.79. The minimum Gasteiger partial charge on any atom is -0.477 e. The fourth-order valence-electron chi connectivity index (χ4n) is 0.847. The first-order valence-corrected chi connectivity index (χ1v) is 3.56. The fraction of sp³-hybridized carbons (Fsp3) is 0.250. The molecule has 0 aliphatic heterocycles. The smallest absolute Gasteiger partial charge is 0.354 e. The van der Waals surface area contributed by atoms with Gasteiger partial charge in [0.1, 0.15) is 5.69 Å². The number of aromatic carboxylic acids is 1. The van der Waals surface area contributed by atoms with Crippen molar-refractivity contribution in [3.8, 4) is 0 Å². The molecule has 4 heteroatoms. The minimum atomic E-state index is -1.03. The van der Waals surface area contributed by atoms with Crippen molar-refractivity contribution in [2.75, 3.05) is 0 Å². The predicted molar refractivity (Wildman–Crippen MR) is 43.8 cm³/mol. The van der Waals surface area contributed by atoms with Gasteiger partial charge in [0, 0.05) is 12.2 Å². The minimum absolute atomic E-state index is 0.0322. The highest BCUT2D eigenvalue weighted by atomic mass is 16.4. The van der Waals surface area contributed by atoms with E-state index in [1.165, 1.54) is 12.3 Å². The van der Waals surface area contributed by atoms with E-state index < -0.39 is 5.97 Å². The summed E-state index contributed by atoms with van der Waals surface area (Å²) in [6.07, 6.45) is 1.45. The summed E-state index contributed by atoms with van der Waals surface area (Å²) < 4.78 is 0. The summed E-state index contributed by atoms with van der Waals surface area (Å²) in [7, 11) is 0. The molecule has 0 aromatic carbocycles. The van der Waals surface area contributed by atoms with Gasteiger partial charge in [-0.2, -0.15) is 0 Å². The lowest BCUT2D eigenvalue weighted by Gasteiger charge is -2.04. The Kier molecular flexibility index (Phi) is 2.40. The standard InChI is InChI=1S/C8H10N2O2/c1-5(9)6-2-3-10-7(4-6)8(11)12/h2-5H,9H2,1H3,(H,11,12). The maximum atomic E-state index is 10.5. The molecule has 0 radical (unpaired) electrons. The second-order valence-corrected chi connectivity index (χ2v) is 2.57. The topological polar surface area (TPSA) is 76.2 Å². The molecule has 0 spiro atoms. The zero-order chi connectivity index (χ0) is 9.14. The average Bonchev–Trinajstić information content (AvgIpc) is 2.04. The molecule has 1 rings (SSSR count). The molecule has 4 nitrogen and oxygen atoms in total. The summed E-state index contributed by atoms with van der Waals surface area (Å²) in [5.41, 5.74) is 6.37. The van der Waals surface area contributed by atoms with Gasteiger partial charge < -0.3 is 10.8 Å². The number of nitrogens with zero attached hydrogens (tertiary/aromatic N) is 1. The second-order valence-electron chi connectivity index (χ2n) is 2.57. The average molecular weight is 166 g/mol. The van der Waals surface area contributed by atoms with Gasteiger partial charge in [0.25, 0.3) is 0 Å². The van der Waals surface area contributed by atoms with Crippen LogP contribution < -0.4 is 5.73 Å². The van der Waals surface area contributed by atoms with Crippen LogP contribution in [0, 0.1) is 0 Å². The van der Waals surface area contributed by atoms with Crippen molar-refractivity contribution in [1.29, 1.82) is 0 Å². The van der Waals surface area contributed by atoms with Crippen molar-refractivity contribution in [3.05, 3.63) is 29.6 Å². The van der Waals surface area contributed by atoms with E-state index >= 15 is 0 Å². The SMILES string of the molecule is CC(N)c1ccnc(C(=O)O)c1. The second kappa shape index (κ2) is 3.32. The van der Waals surface area contributed by atoms with Gasteiger partial charge in [0.2, 0.25) is 0 Å². The predicted octanol–water partition coefficient (Wildman–Crippen LogP) is 0.800. The van der Waals surface area contributed by atoms with Crippen LogP contribution in [0.4, 0.5) is 0 Å². The third-order valence-electron chi connectivity index (χ3n) is 1.53. The Balaban J connectivity index is 3.04. The Morgan fingerprint density at radius 3 is 2.92 bits per heavy atom. The first kappa shape index (κ1) is 8.67. The molecule has 0 fully saturated rings. The molecule has 0 aliphatic rings. The summed E-state index contributed by atoms with van der Waals surface area (Å²) in [4.78, 5) is 14.1. The molecule has 0 saturated carbocycles. The van der Waals surface area contributed by atoms with E-state index in [2.05, 4.69) is 4.98 Å². The number of pyridine rings is 1. The highest BCUT2D eigenvalue weighted by molar-refractivity contribution is 5.85. The normalized spacial score (nSPS) is 12.5. The summed E-state index contributed by atoms with van der Waals surface area (Å²) >= 11 is 0. The van der Waals surface area contributed by atoms with E-state index in [0.29, 0.717) is 0 Å². The molecule has 0 saturated heterocycles. The van der Waals surface area contributed by atoms with Crippen molar-refractivity contribution in [1.82, 2.24) is 4.98 Å². The van der Waals surface area contributed by atoms with Crippen LogP contribution in [-0.2, 0) is 0 Å². The van der Waals surface area contributed by atoms with Crippen molar-refractivity contribution >= 4 is 5.97 Å². The number of carboxylic acid groups (broad SMARTS) is 1. The van der Waals surface area contributed by atoms with Gasteiger partial charge in [-0.05, 0) is 24.6 Å². The molecule has 1 aromatic rings. The maximum Gasteiger partial charge on any atom is 0.354 e. The highest BCUT2D eigenvalue weighted by Gasteiger charge is 2.06. The lowest BCUT2D eigenvalue weighted by molar-refractivity contribution is 0.0690. The van der Waals surface area contributed by atoms with Crippen molar-refractivity contribution in [2.45, 2.75) is 13.0 Å². The van der Waals surface area contributed by atoms with E-state index in [1.54, 1.807) is 13.0 Å². The highest BCUT2D eigenvalue weighted by Crippen LogP contribution is 2.09. The van der Waals surface area contributed by atoms with Crippen LogP contribution in [0.2, 0.25) is 0 Å². The largest absolute Gasteiger partial charge is 0.477 e. The fourth-order valence-corrected chi connectivity index (χ4v) is 0.847. The van der Waals surface area contributed by atoms with Crippen molar-refractivity contribution in [2.24, 2.45) is 5.73 Å². The van der Waals surface area contributed by atoms with E-state index in [-0.39, 0.29) is 11.7 Å². The Morgan fingerprint density at radius 1 is 1.75 bits per heavy atom. The van der Waals surface area contributed by atoms with Crippen molar-refractivity contribution < 1.29 is 9.90 Å². The van der Waals surface area contributed by atoms with Crippen LogP contribution >= 0.6 is 0 Å². The molecule has 64 valence electrons. The Bertz CT molecular complexity index is 297. The lowest BCUT2D eigenvalue weighted by Crippen LogP contribution is -2.07. The molecule has 0 bridgehead atoms. The molecular weight excluding hydrogens is 156 g/mol. The Hall–Kier alpha value is -1.42. The van der Waals surface area contributed by atoms with Crippen molar-refractivity contribution in [3.63, 3.8) is 0 Å². The molecule has 0 aliphatic carbocycles. The molecule has 1 atom stereocenters. The van der Waals surface area contributed by atoms with Gasteiger partial charge >= 0.3 is 5.97 Å². The van der Waals surface area contributed by atoms with E-state index in [0.717, 1.165) is 5.56 Å². The first-order valence-electron chi connectivity index (χ1n) is 3.56. The number of hydrogen-bond donors (Lipinski definition) is 2. The third kappa shape index (κ3) is 1.79. The van der Waals surface area contributed by atoms with Crippen LogP contribution in [0.3, 0.4) is 0 Å². The van der Waals surface area contributed by atoms with Gasteiger partial charge in [0.05, 0.1) is 0 Å². The number of aromatic nitrogens is 1.